The van der Waals surface area contributed by atoms with Crippen LogP contribution in [0, 0.1) is 0 Å². The number of nitrogens with one attached hydrogen (secondary N) is 1. The Kier molecular flexibility index (Phi) is 9.83. The maximum atomic E-state index is 13.4. The third kappa shape index (κ3) is 8.24. The molecule has 11 heteroatoms. The molecule has 214 valence electrons. The molecule has 0 bridgehead atoms. The molecule has 1 N–H and O–H groups in total. The maximum Gasteiger partial charge on any atom is 0.416 e. The number of para-hydroxylation sites is 1. The van der Waals surface area contributed by atoms with E-state index in [0.29, 0.717) is 17.9 Å². The molecule has 0 spiro atoms. The van der Waals surface area contributed by atoms with Gasteiger partial charge in [0.05, 0.1) is 18.2 Å². The highest BCUT2D eigenvalue weighted by Crippen LogP contribution is 2.36. The fourth-order valence-corrected chi connectivity index (χ4v) is 4.20. The lowest BCUT2D eigenvalue weighted by atomic mass is 9.98. The lowest BCUT2D eigenvalue weighted by Crippen LogP contribution is -2.39. The minimum absolute atomic E-state index is 0.0235. The molecule has 0 unspecified atom stereocenters. The van der Waals surface area contributed by atoms with Crippen LogP contribution in [-0.4, -0.2) is 36.9 Å². The monoisotopic (exact) mass is 566 g/mol. The molecule has 5 nitrogen and oxygen atoms in total. The number of carbonyl (C=O) groups is 2. The summed E-state index contributed by atoms with van der Waals surface area (Å²) < 4.78 is 85.4. The standard InChI is InChI=1S/C29H28F6N2O3/c1-37(27(39)21-15-22(28(30,31)32)17-23(16-21)29(33,34)35)24(14-19-8-4-3-5-9-19)12-13-26(38)36-18-20-10-6-7-11-25(20)40-2/h3-11,15-17,24H,12-14,18H2,1-2H3,(H,36,38)/t24-/m0/s1. The van der Waals surface area contributed by atoms with Crippen LogP contribution in [0.3, 0.4) is 0 Å². The highest BCUT2D eigenvalue weighted by atomic mass is 19.4. The number of halogens is 6. The van der Waals surface area contributed by atoms with Gasteiger partial charge in [-0.15, -0.1) is 0 Å². The van der Waals surface area contributed by atoms with Gasteiger partial charge in [-0.25, -0.2) is 0 Å². The van der Waals surface area contributed by atoms with E-state index < -0.39 is 41.0 Å². The molecule has 3 rings (SSSR count). The van der Waals surface area contributed by atoms with Gasteiger partial charge in [0, 0.05) is 37.2 Å². The summed E-state index contributed by atoms with van der Waals surface area (Å²) in [6, 6.07) is 16.1. The van der Waals surface area contributed by atoms with Crippen molar-refractivity contribution < 1.29 is 40.7 Å². The van der Waals surface area contributed by atoms with Gasteiger partial charge in [0.15, 0.2) is 0 Å². The number of nitrogens with zero attached hydrogens (tertiary/aromatic N) is 1. The van der Waals surface area contributed by atoms with E-state index in [2.05, 4.69) is 5.32 Å². The number of hydrogen-bond acceptors (Lipinski definition) is 3. The van der Waals surface area contributed by atoms with E-state index in [1.54, 1.807) is 54.6 Å². The van der Waals surface area contributed by atoms with Gasteiger partial charge in [0.2, 0.25) is 5.91 Å². The van der Waals surface area contributed by atoms with Crippen molar-refractivity contribution in [3.05, 3.63) is 101 Å². The molecule has 40 heavy (non-hydrogen) atoms. The van der Waals surface area contributed by atoms with Crippen molar-refractivity contribution in [3.63, 3.8) is 0 Å². The third-order valence-corrected chi connectivity index (χ3v) is 6.39. The Morgan fingerprint density at radius 2 is 1.45 bits per heavy atom. The zero-order chi connectivity index (χ0) is 29.5. The van der Waals surface area contributed by atoms with Crippen molar-refractivity contribution in [2.75, 3.05) is 14.2 Å². The van der Waals surface area contributed by atoms with Crippen LogP contribution >= 0.6 is 0 Å². The Hall–Kier alpha value is -4.02. The normalized spacial score (nSPS) is 12.5. The van der Waals surface area contributed by atoms with Crippen molar-refractivity contribution in [1.29, 1.82) is 0 Å². The first kappa shape index (κ1) is 30.5. The zero-order valence-corrected chi connectivity index (χ0v) is 21.8. The predicted molar refractivity (Wildman–Crippen MR) is 137 cm³/mol. The topological polar surface area (TPSA) is 58.6 Å². The van der Waals surface area contributed by atoms with E-state index in [1.165, 1.54) is 14.2 Å². The van der Waals surface area contributed by atoms with Crippen LogP contribution in [-0.2, 0) is 30.1 Å². The second-order valence-electron chi connectivity index (χ2n) is 9.18. The van der Waals surface area contributed by atoms with Crippen LogP contribution in [0.25, 0.3) is 0 Å². The Balaban J connectivity index is 1.81. The summed E-state index contributed by atoms with van der Waals surface area (Å²) >= 11 is 0. The summed E-state index contributed by atoms with van der Waals surface area (Å²) in [5, 5.41) is 2.77. The Morgan fingerprint density at radius 3 is 2.02 bits per heavy atom. The van der Waals surface area contributed by atoms with Gasteiger partial charge in [-0.2, -0.15) is 26.3 Å². The quantitative estimate of drug-likeness (QED) is 0.285. The van der Waals surface area contributed by atoms with Crippen LogP contribution < -0.4 is 10.1 Å². The first-order valence-electron chi connectivity index (χ1n) is 12.3. The van der Waals surface area contributed by atoms with E-state index in [4.69, 9.17) is 4.74 Å². The maximum absolute atomic E-state index is 13.4. The lowest BCUT2D eigenvalue weighted by Gasteiger charge is -2.29. The van der Waals surface area contributed by atoms with Gasteiger partial charge in [0.25, 0.3) is 5.91 Å². The minimum atomic E-state index is -5.09. The second kappa shape index (κ2) is 12.9. The minimum Gasteiger partial charge on any atom is -0.496 e. The number of amides is 2. The molecule has 1 atom stereocenters. The molecule has 3 aromatic carbocycles. The van der Waals surface area contributed by atoms with E-state index >= 15 is 0 Å². The highest BCUT2D eigenvalue weighted by molar-refractivity contribution is 5.94. The predicted octanol–water partition coefficient (Wildman–Crippen LogP) is 6.51. The van der Waals surface area contributed by atoms with Crippen molar-refractivity contribution >= 4 is 11.8 Å². The molecule has 0 saturated heterocycles. The number of hydrogen-bond donors (Lipinski definition) is 1. The molecule has 0 aliphatic heterocycles. The fourth-order valence-electron chi connectivity index (χ4n) is 4.20. The molecular weight excluding hydrogens is 538 g/mol. The molecule has 0 fully saturated rings. The molecule has 0 aliphatic rings. The summed E-state index contributed by atoms with van der Waals surface area (Å²) in [6.45, 7) is 0.186. The summed E-state index contributed by atoms with van der Waals surface area (Å²) in [6.07, 6.45) is -9.87. The van der Waals surface area contributed by atoms with Gasteiger partial charge < -0.3 is 15.0 Å². The lowest BCUT2D eigenvalue weighted by molar-refractivity contribution is -0.143. The van der Waals surface area contributed by atoms with Gasteiger partial charge in [-0.05, 0) is 42.7 Å². The van der Waals surface area contributed by atoms with E-state index in [0.717, 1.165) is 16.0 Å². The second-order valence-corrected chi connectivity index (χ2v) is 9.18. The summed E-state index contributed by atoms with van der Waals surface area (Å²) in [5.74, 6) is -0.774. The number of likely N-dealkylation sites (N-methyl/N-ethyl adjacent to an activating group) is 1. The SMILES string of the molecule is COc1ccccc1CNC(=O)CC[C@@H](Cc1ccccc1)N(C)C(=O)c1cc(C(F)(F)F)cc(C(F)(F)F)c1. The molecule has 0 aromatic heterocycles. The molecule has 0 saturated carbocycles. The molecular formula is C29H28F6N2O3. The first-order valence-corrected chi connectivity index (χ1v) is 12.3. The molecule has 3 aromatic rings. The van der Waals surface area contributed by atoms with Crippen molar-refractivity contribution in [1.82, 2.24) is 10.2 Å². The van der Waals surface area contributed by atoms with Gasteiger partial charge in [0.1, 0.15) is 5.75 Å². The number of methoxy groups -OCH3 is 1. The number of alkyl halides is 6. The van der Waals surface area contributed by atoms with Crippen LogP contribution in [0.1, 0.15) is 45.5 Å². The number of rotatable bonds is 10. The van der Waals surface area contributed by atoms with Crippen molar-refractivity contribution in [2.24, 2.45) is 0 Å². The van der Waals surface area contributed by atoms with Crippen molar-refractivity contribution in [3.8, 4) is 5.75 Å². The van der Waals surface area contributed by atoms with E-state index in [-0.39, 0.29) is 37.8 Å². The molecule has 2 amide bonds. The van der Waals surface area contributed by atoms with E-state index in [9.17, 15) is 35.9 Å². The average Bonchev–Trinajstić information content (AvgIpc) is 2.92. The molecule has 0 heterocycles. The summed E-state index contributed by atoms with van der Waals surface area (Å²) in [5.41, 5.74) is -2.37. The summed E-state index contributed by atoms with van der Waals surface area (Å²) in [4.78, 5) is 27.0. The Bertz CT molecular complexity index is 1280. The van der Waals surface area contributed by atoms with Crippen LogP contribution in [0.5, 0.6) is 5.75 Å². The van der Waals surface area contributed by atoms with Gasteiger partial charge >= 0.3 is 12.4 Å². The first-order chi connectivity index (χ1) is 18.8. The summed E-state index contributed by atoms with van der Waals surface area (Å²) in [7, 11) is 2.81. The Labute approximate surface area is 227 Å². The highest BCUT2D eigenvalue weighted by Gasteiger charge is 2.38. The van der Waals surface area contributed by atoms with Crippen LogP contribution in [0.4, 0.5) is 26.3 Å². The van der Waals surface area contributed by atoms with E-state index in [1.807, 2.05) is 0 Å². The van der Waals surface area contributed by atoms with Crippen molar-refractivity contribution in [2.45, 2.75) is 44.2 Å². The molecule has 0 aliphatic carbocycles. The zero-order valence-electron chi connectivity index (χ0n) is 21.8. The number of benzene rings is 3. The van der Waals surface area contributed by atoms with Crippen LogP contribution in [0.15, 0.2) is 72.8 Å². The smallest absolute Gasteiger partial charge is 0.416 e. The largest absolute Gasteiger partial charge is 0.496 e. The number of carbonyl (C=O) groups excluding carboxylic acids is 2. The fraction of sp³-hybridized carbons (Fsp3) is 0.310. The van der Waals surface area contributed by atoms with Gasteiger partial charge in [-0.3, -0.25) is 9.59 Å². The molecule has 0 radical (unpaired) electrons. The average molecular weight is 567 g/mol. The number of ether oxygens (including phenoxy) is 1. The van der Waals surface area contributed by atoms with Gasteiger partial charge in [-0.1, -0.05) is 48.5 Å². The third-order valence-electron chi connectivity index (χ3n) is 6.39. The van der Waals surface area contributed by atoms with Crippen LogP contribution in [0.2, 0.25) is 0 Å². The Morgan fingerprint density at radius 1 is 0.875 bits per heavy atom.